The lowest BCUT2D eigenvalue weighted by molar-refractivity contribution is -0.155. The van der Waals surface area contributed by atoms with Crippen molar-refractivity contribution in [3.8, 4) is 0 Å². The first kappa shape index (κ1) is 18.0. The number of nitrogens with zero attached hydrogens (tertiary/aromatic N) is 1. The van der Waals surface area contributed by atoms with Gasteiger partial charge in [0, 0.05) is 32.2 Å². The second-order valence-electron chi connectivity index (χ2n) is 8.32. The Labute approximate surface area is 157 Å². The molecule has 1 aromatic carbocycles. The van der Waals surface area contributed by atoms with Crippen LogP contribution >= 0.6 is 0 Å². The molecular weight excluding hydrogens is 324 g/mol. The van der Waals surface area contributed by atoms with Gasteiger partial charge in [0.15, 0.2) is 5.60 Å². The SMILES string of the molecule is CCN1CC2C(C1)C2NC(=O)C(OC)(c1ccccc1)C1CCCCC1. The summed E-state index contributed by atoms with van der Waals surface area (Å²) in [6.45, 7) is 5.58. The van der Waals surface area contributed by atoms with Crippen molar-refractivity contribution >= 4 is 5.91 Å². The molecule has 1 amide bonds. The van der Waals surface area contributed by atoms with Crippen LogP contribution in [-0.4, -0.2) is 43.6 Å². The fraction of sp³-hybridized carbons (Fsp3) is 0.682. The van der Waals surface area contributed by atoms with Crippen molar-refractivity contribution in [1.82, 2.24) is 10.2 Å². The van der Waals surface area contributed by atoms with Crippen LogP contribution in [0.4, 0.5) is 0 Å². The van der Waals surface area contributed by atoms with Crippen molar-refractivity contribution in [3.05, 3.63) is 35.9 Å². The first-order valence-electron chi connectivity index (χ1n) is 10.3. The highest BCUT2D eigenvalue weighted by molar-refractivity contribution is 5.87. The summed E-state index contributed by atoms with van der Waals surface area (Å²) in [5.41, 5.74) is 0.163. The Morgan fingerprint density at radius 2 is 1.81 bits per heavy atom. The first-order valence-corrected chi connectivity index (χ1v) is 10.3. The lowest BCUT2D eigenvalue weighted by Gasteiger charge is -2.41. The number of methoxy groups -OCH3 is 1. The molecule has 3 unspecified atom stereocenters. The summed E-state index contributed by atoms with van der Waals surface area (Å²) in [4.78, 5) is 16.1. The number of likely N-dealkylation sites (tertiary alicyclic amines) is 1. The van der Waals surface area contributed by atoms with Gasteiger partial charge in [-0.2, -0.15) is 0 Å². The van der Waals surface area contributed by atoms with Crippen LogP contribution in [0.5, 0.6) is 0 Å². The van der Waals surface area contributed by atoms with Crippen LogP contribution < -0.4 is 5.32 Å². The standard InChI is InChI=1S/C22H32N2O2/c1-3-24-14-18-19(15-24)20(18)23-21(25)22(26-2,16-10-6-4-7-11-16)17-12-8-5-9-13-17/h4,6-7,10-11,17-20H,3,5,8-9,12-15H2,1-2H3,(H,23,25). The minimum atomic E-state index is -0.844. The van der Waals surface area contributed by atoms with Crippen LogP contribution in [0.2, 0.25) is 0 Å². The van der Waals surface area contributed by atoms with Gasteiger partial charge >= 0.3 is 0 Å². The van der Waals surface area contributed by atoms with Gasteiger partial charge in [-0.25, -0.2) is 0 Å². The van der Waals surface area contributed by atoms with Gasteiger partial charge < -0.3 is 15.0 Å². The van der Waals surface area contributed by atoms with Gasteiger partial charge in [0.25, 0.3) is 5.91 Å². The van der Waals surface area contributed by atoms with Crippen LogP contribution in [0.15, 0.2) is 30.3 Å². The predicted molar refractivity (Wildman–Crippen MR) is 103 cm³/mol. The molecule has 4 nitrogen and oxygen atoms in total. The van der Waals surface area contributed by atoms with E-state index in [0.29, 0.717) is 17.9 Å². The highest BCUT2D eigenvalue weighted by atomic mass is 16.5. The summed E-state index contributed by atoms with van der Waals surface area (Å²) in [5.74, 6) is 1.61. The zero-order valence-corrected chi connectivity index (χ0v) is 16.1. The number of hydrogen-bond donors (Lipinski definition) is 1. The van der Waals surface area contributed by atoms with E-state index in [1.54, 1.807) is 7.11 Å². The lowest BCUT2D eigenvalue weighted by atomic mass is 9.72. The third kappa shape index (κ3) is 2.97. The van der Waals surface area contributed by atoms with Crippen molar-refractivity contribution in [2.24, 2.45) is 17.8 Å². The van der Waals surface area contributed by atoms with Crippen LogP contribution in [0.1, 0.15) is 44.6 Å². The van der Waals surface area contributed by atoms with Crippen molar-refractivity contribution in [3.63, 3.8) is 0 Å². The summed E-state index contributed by atoms with van der Waals surface area (Å²) in [6, 6.07) is 10.5. The maximum Gasteiger partial charge on any atom is 0.257 e. The largest absolute Gasteiger partial charge is 0.363 e. The minimum absolute atomic E-state index is 0.0838. The summed E-state index contributed by atoms with van der Waals surface area (Å²) in [5, 5.41) is 3.40. The fourth-order valence-electron chi connectivity index (χ4n) is 5.47. The fourth-order valence-corrected chi connectivity index (χ4v) is 5.47. The number of rotatable bonds is 6. The van der Waals surface area contributed by atoms with Gasteiger partial charge in [-0.1, -0.05) is 56.5 Å². The van der Waals surface area contributed by atoms with Crippen molar-refractivity contribution in [1.29, 1.82) is 0 Å². The first-order chi connectivity index (χ1) is 12.7. The lowest BCUT2D eigenvalue weighted by Crippen LogP contribution is -2.53. The molecule has 1 saturated heterocycles. The number of benzene rings is 1. The Hall–Kier alpha value is -1.39. The molecule has 0 aromatic heterocycles. The quantitative estimate of drug-likeness (QED) is 0.851. The van der Waals surface area contributed by atoms with E-state index in [1.807, 2.05) is 18.2 Å². The van der Waals surface area contributed by atoms with Crippen LogP contribution in [0.25, 0.3) is 0 Å². The number of ether oxygens (including phenoxy) is 1. The van der Waals surface area contributed by atoms with Gasteiger partial charge in [-0.05, 0) is 36.8 Å². The number of amides is 1. The molecule has 3 fully saturated rings. The van der Waals surface area contributed by atoms with Crippen LogP contribution in [-0.2, 0) is 15.1 Å². The molecule has 0 spiro atoms. The number of carbonyl (C=O) groups is 1. The van der Waals surface area contributed by atoms with E-state index < -0.39 is 5.60 Å². The molecule has 2 aliphatic carbocycles. The molecule has 1 aromatic rings. The zero-order chi connectivity index (χ0) is 18.1. The summed E-state index contributed by atoms with van der Waals surface area (Å²) >= 11 is 0. The number of carbonyl (C=O) groups excluding carboxylic acids is 1. The molecule has 1 heterocycles. The maximum atomic E-state index is 13.6. The number of fused-ring (bicyclic) bond motifs is 1. The van der Waals surface area contributed by atoms with E-state index in [2.05, 4.69) is 29.3 Å². The van der Waals surface area contributed by atoms with E-state index in [0.717, 1.165) is 38.0 Å². The van der Waals surface area contributed by atoms with Gasteiger partial charge in [-0.3, -0.25) is 4.79 Å². The molecule has 0 bridgehead atoms. The second kappa shape index (κ2) is 7.32. The minimum Gasteiger partial charge on any atom is -0.363 e. The average molecular weight is 357 g/mol. The molecule has 3 aliphatic rings. The molecule has 4 heteroatoms. The van der Waals surface area contributed by atoms with Gasteiger partial charge in [-0.15, -0.1) is 0 Å². The molecule has 0 radical (unpaired) electrons. The summed E-state index contributed by atoms with van der Waals surface area (Å²) < 4.78 is 6.10. The number of nitrogens with one attached hydrogen (secondary N) is 1. The van der Waals surface area contributed by atoms with E-state index >= 15 is 0 Å². The molecule has 2 saturated carbocycles. The molecule has 3 atom stereocenters. The van der Waals surface area contributed by atoms with E-state index in [9.17, 15) is 4.79 Å². The van der Waals surface area contributed by atoms with Gasteiger partial charge in [0.2, 0.25) is 0 Å². The topological polar surface area (TPSA) is 41.6 Å². The monoisotopic (exact) mass is 356 g/mol. The highest BCUT2D eigenvalue weighted by Gasteiger charge is 2.58. The summed E-state index contributed by atoms with van der Waals surface area (Å²) in [7, 11) is 1.72. The Bertz CT molecular complexity index is 616. The Morgan fingerprint density at radius 3 is 2.38 bits per heavy atom. The second-order valence-corrected chi connectivity index (χ2v) is 8.32. The van der Waals surface area contributed by atoms with Crippen molar-refractivity contribution in [2.75, 3.05) is 26.7 Å². The molecule has 4 rings (SSSR count). The Morgan fingerprint density at radius 1 is 1.15 bits per heavy atom. The van der Waals surface area contributed by atoms with E-state index in [-0.39, 0.29) is 11.8 Å². The molecule has 26 heavy (non-hydrogen) atoms. The normalized spacial score (nSPS) is 31.2. The molecular formula is C22H32N2O2. The van der Waals surface area contributed by atoms with Gasteiger partial charge in [0.1, 0.15) is 0 Å². The smallest absolute Gasteiger partial charge is 0.257 e. The van der Waals surface area contributed by atoms with Gasteiger partial charge in [0.05, 0.1) is 0 Å². The van der Waals surface area contributed by atoms with Crippen LogP contribution in [0, 0.1) is 17.8 Å². The predicted octanol–water partition coefficient (Wildman–Crippen LogP) is 3.17. The van der Waals surface area contributed by atoms with Crippen LogP contribution in [0.3, 0.4) is 0 Å². The van der Waals surface area contributed by atoms with E-state index in [4.69, 9.17) is 4.74 Å². The molecule has 1 N–H and O–H groups in total. The zero-order valence-electron chi connectivity index (χ0n) is 16.1. The molecule has 142 valence electrons. The maximum absolute atomic E-state index is 13.6. The molecule has 1 aliphatic heterocycles. The highest BCUT2D eigenvalue weighted by Crippen LogP contribution is 2.47. The van der Waals surface area contributed by atoms with Crippen molar-refractivity contribution < 1.29 is 9.53 Å². The summed E-state index contributed by atoms with van der Waals surface area (Å²) in [6.07, 6.45) is 5.78. The third-order valence-corrected chi connectivity index (χ3v) is 7.06. The third-order valence-electron chi connectivity index (χ3n) is 7.06. The average Bonchev–Trinajstić information content (AvgIpc) is 3.14. The van der Waals surface area contributed by atoms with Crippen molar-refractivity contribution in [2.45, 2.75) is 50.7 Å². The Kier molecular flexibility index (Phi) is 5.07. The Balaban J connectivity index is 1.56. The number of hydrogen-bond acceptors (Lipinski definition) is 3. The number of piperidine rings is 1. The van der Waals surface area contributed by atoms with E-state index in [1.165, 1.54) is 19.3 Å².